The van der Waals surface area contributed by atoms with Gasteiger partial charge in [0.2, 0.25) is 0 Å². The van der Waals surface area contributed by atoms with Gasteiger partial charge >= 0.3 is 12.4 Å². The predicted molar refractivity (Wildman–Crippen MR) is 115 cm³/mol. The molecule has 0 radical (unpaired) electrons. The average molecular weight is 488 g/mol. The second kappa shape index (κ2) is 9.48. The molecule has 0 aliphatic carbocycles. The van der Waals surface area contributed by atoms with E-state index in [1.165, 1.54) is 0 Å². The van der Waals surface area contributed by atoms with Crippen LogP contribution in [-0.4, -0.2) is 37.6 Å². The van der Waals surface area contributed by atoms with Crippen LogP contribution in [0.2, 0.25) is 0 Å². The van der Waals surface area contributed by atoms with E-state index in [2.05, 4.69) is 10.2 Å². The van der Waals surface area contributed by atoms with Crippen molar-refractivity contribution in [3.63, 3.8) is 0 Å². The summed E-state index contributed by atoms with van der Waals surface area (Å²) in [5, 5.41) is 2.55. The number of carbonyl (C=O) groups excluding carboxylic acids is 1. The number of methoxy groups -OCH3 is 1. The van der Waals surface area contributed by atoms with Gasteiger partial charge in [0.15, 0.2) is 0 Å². The van der Waals surface area contributed by atoms with E-state index in [9.17, 15) is 31.1 Å². The molecule has 2 aromatic rings. The summed E-state index contributed by atoms with van der Waals surface area (Å²) < 4.78 is 85.5. The van der Waals surface area contributed by atoms with E-state index in [1.54, 1.807) is 0 Å². The van der Waals surface area contributed by atoms with Crippen LogP contribution in [0.5, 0.6) is 5.75 Å². The Morgan fingerprint density at radius 1 is 1.00 bits per heavy atom. The van der Waals surface area contributed by atoms with Crippen LogP contribution >= 0.6 is 0 Å². The minimum atomic E-state index is -5.20. The van der Waals surface area contributed by atoms with Gasteiger partial charge in [-0.05, 0) is 63.0 Å². The molecule has 1 heterocycles. The molecule has 4 nitrogen and oxygen atoms in total. The van der Waals surface area contributed by atoms with Crippen molar-refractivity contribution >= 4 is 5.91 Å². The number of halogens is 6. The lowest BCUT2D eigenvalue weighted by atomic mass is 9.86. The van der Waals surface area contributed by atoms with Gasteiger partial charge in [0.05, 0.1) is 29.3 Å². The van der Waals surface area contributed by atoms with Crippen molar-refractivity contribution in [3.8, 4) is 5.75 Å². The number of nitrogens with zero attached hydrogens (tertiary/aromatic N) is 1. The molecule has 1 amide bonds. The lowest BCUT2D eigenvalue weighted by Crippen LogP contribution is -2.50. The normalized spacial score (nSPS) is 16.9. The number of hydrogen-bond donors (Lipinski definition) is 1. The van der Waals surface area contributed by atoms with Gasteiger partial charge < -0.3 is 10.1 Å². The molecule has 1 aliphatic heterocycles. The zero-order valence-corrected chi connectivity index (χ0v) is 19.0. The third-order valence-corrected chi connectivity index (χ3v) is 6.30. The third kappa shape index (κ3) is 5.16. The number of likely N-dealkylation sites (tertiary alicyclic amines) is 1. The van der Waals surface area contributed by atoms with Crippen LogP contribution in [0.15, 0.2) is 36.4 Å². The molecular weight excluding hydrogens is 462 g/mol. The number of amides is 1. The Labute approximate surface area is 193 Å². The van der Waals surface area contributed by atoms with Gasteiger partial charge in [-0.25, -0.2) is 0 Å². The Morgan fingerprint density at radius 3 is 2.15 bits per heavy atom. The van der Waals surface area contributed by atoms with Crippen molar-refractivity contribution in [1.29, 1.82) is 0 Å². The summed E-state index contributed by atoms with van der Waals surface area (Å²) in [6.45, 7) is 5.26. The van der Waals surface area contributed by atoms with Crippen molar-refractivity contribution in [2.45, 2.75) is 44.6 Å². The molecule has 0 bridgehead atoms. The molecule has 1 atom stereocenters. The molecule has 0 spiro atoms. The van der Waals surface area contributed by atoms with Gasteiger partial charge in [-0.2, -0.15) is 26.3 Å². The average Bonchev–Trinajstić information content (AvgIpc) is 3.31. The first kappa shape index (κ1) is 25.9. The first-order valence-corrected chi connectivity index (χ1v) is 10.7. The number of aryl methyl sites for hydroxylation is 1. The van der Waals surface area contributed by atoms with Crippen molar-refractivity contribution in [2.24, 2.45) is 0 Å². The maximum absolute atomic E-state index is 13.7. The number of benzene rings is 2. The number of carbonyl (C=O) groups is 1. The highest BCUT2D eigenvalue weighted by molar-refractivity contribution is 5.99. The Morgan fingerprint density at radius 2 is 1.62 bits per heavy atom. The van der Waals surface area contributed by atoms with Gasteiger partial charge in [-0.1, -0.05) is 24.3 Å². The van der Waals surface area contributed by atoms with Crippen molar-refractivity contribution in [2.75, 3.05) is 26.7 Å². The summed E-state index contributed by atoms with van der Waals surface area (Å²) in [4.78, 5) is 15.2. The van der Waals surface area contributed by atoms with Crippen molar-refractivity contribution in [1.82, 2.24) is 10.2 Å². The van der Waals surface area contributed by atoms with Crippen molar-refractivity contribution in [3.05, 3.63) is 64.2 Å². The summed E-state index contributed by atoms with van der Waals surface area (Å²) in [7, 11) is 0.925. The molecule has 1 unspecified atom stereocenters. The zero-order chi connectivity index (χ0) is 25.3. The maximum atomic E-state index is 13.7. The van der Waals surface area contributed by atoms with Crippen LogP contribution < -0.4 is 10.1 Å². The fourth-order valence-corrected chi connectivity index (χ4v) is 4.50. The topological polar surface area (TPSA) is 41.6 Å². The van der Waals surface area contributed by atoms with E-state index in [0.29, 0.717) is 6.07 Å². The summed E-state index contributed by atoms with van der Waals surface area (Å²) in [5.74, 6) is -1.95. The Balaban J connectivity index is 2.02. The van der Waals surface area contributed by atoms with Crippen molar-refractivity contribution < 1.29 is 35.9 Å². The van der Waals surface area contributed by atoms with Gasteiger partial charge in [-0.15, -0.1) is 0 Å². The van der Waals surface area contributed by atoms with Crippen LogP contribution in [0.3, 0.4) is 0 Å². The monoisotopic (exact) mass is 488 g/mol. The first-order chi connectivity index (χ1) is 15.8. The SMILES string of the molecule is COc1cc(C(F)(F)F)cc(C(F)(F)F)c1C(=O)NCC(C)(c1ccccc1C)N1CCCC1. The summed E-state index contributed by atoms with van der Waals surface area (Å²) in [5.41, 5.74) is -3.08. The molecule has 34 heavy (non-hydrogen) atoms. The van der Waals surface area contributed by atoms with Gasteiger partial charge in [0.25, 0.3) is 5.91 Å². The van der Waals surface area contributed by atoms with Gasteiger partial charge in [0.1, 0.15) is 5.75 Å². The second-order valence-corrected chi connectivity index (χ2v) is 8.56. The van der Waals surface area contributed by atoms with E-state index in [0.717, 1.165) is 44.2 Å². The molecule has 0 saturated carbocycles. The van der Waals surface area contributed by atoms with E-state index >= 15 is 0 Å². The summed E-state index contributed by atoms with van der Waals surface area (Å²) >= 11 is 0. The number of hydrogen-bond acceptors (Lipinski definition) is 3. The molecule has 1 fully saturated rings. The second-order valence-electron chi connectivity index (χ2n) is 8.56. The summed E-state index contributed by atoms with van der Waals surface area (Å²) in [6, 6.07) is 7.87. The first-order valence-electron chi connectivity index (χ1n) is 10.7. The fourth-order valence-electron chi connectivity index (χ4n) is 4.50. The van der Waals surface area contributed by atoms with Crippen LogP contribution in [0, 0.1) is 6.92 Å². The number of alkyl halides is 6. The predicted octanol–water partition coefficient (Wildman–Crippen LogP) is 5.78. The van der Waals surface area contributed by atoms with E-state index < -0.39 is 46.2 Å². The number of nitrogens with one attached hydrogen (secondary N) is 1. The minimum Gasteiger partial charge on any atom is -0.496 e. The summed E-state index contributed by atoms with van der Waals surface area (Å²) in [6.07, 6.45) is -8.35. The van der Waals surface area contributed by atoms with E-state index in [-0.39, 0.29) is 12.6 Å². The van der Waals surface area contributed by atoms with Gasteiger partial charge in [-0.3, -0.25) is 9.69 Å². The van der Waals surface area contributed by atoms with Crippen LogP contribution in [-0.2, 0) is 17.9 Å². The number of ether oxygens (including phenoxy) is 1. The zero-order valence-electron chi connectivity index (χ0n) is 19.0. The Hall–Kier alpha value is -2.75. The molecule has 2 aromatic carbocycles. The third-order valence-electron chi connectivity index (χ3n) is 6.30. The van der Waals surface area contributed by atoms with Crippen LogP contribution in [0.4, 0.5) is 26.3 Å². The lowest BCUT2D eigenvalue weighted by Gasteiger charge is -2.40. The highest BCUT2D eigenvalue weighted by Crippen LogP contribution is 2.41. The van der Waals surface area contributed by atoms with Crippen LogP contribution in [0.25, 0.3) is 0 Å². The molecule has 0 aromatic heterocycles. The van der Waals surface area contributed by atoms with Gasteiger partial charge in [0, 0.05) is 6.54 Å². The van der Waals surface area contributed by atoms with E-state index in [1.807, 2.05) is 38.1 Å². The smallest absolute Gasteiger partial charge is 0.417 e. The molecule has 1 N–H and O–H groups in total. The number of rotatable bonds is 6. The lowest BCUT2D eigenvalue weighted by molar-refractivity contribution is -0.143. The maximum Gasteiger partial charge on any atom is 0.417 e. The molecular formula is C24H26F6N2O2. The molecule has 1 saturated heterocycles. The van der Waals surface area contributed by atoms with Crippen LogP contribution in [0.1, 0.15) is 52.4 Å². The standard InChI is InChI=1S/C24H26F6N2O2/c1-15-8-4-5-9-17(15)22(2,32-10-6-7-11-32)14-31-21(33)20-18(24(28,29)30)12-16(23(25,26)27)13-19(20)34-3/h4-5,8-9,12-13H,6-7,10-11,14H2,1-3H3,(H,31,33). The molecule has 186 valence electrons. The molecule has 10 heteroatoms. The Kier molecular flexibility index (Phi) is 7.21. The molecule has 3 rings (SSSR count). The quantitative estimate of drug-likeness (QED) is 0.524. The van der Waals surface area contributed by atoms with E-state index in [4.69, 9.17) is 4.74 Å². The Bertz CT molecular complexity index is 1040. The molecule has 1 aliphatic rings. The highest BCUT2D eigenvalue weighted by atomic mass is 19.4. The minimum absolute atomic E-state index is 0.0435. The highest BCUT2D eigenvalue weighted by Gasteiger charge is 2.42. The largest absolute Gasteiger partial charge is 0.496 e. The fraction of sp³-hybridized carbons (Fsp3) is 0.458.